The van der Waals surface area contributed by atoms with E-state index < -0.39 is 17.6 Å². The van der Waals surface area contributed by atoms with Gasteiger partial charge in [0, 0.05) is 4.88 Å². The lowest BCUT2D eigenvalue weighted by molar-refractivity contribution is -0.117. The molecule has 0 aliphatic heterocycles. The Morgan fingerprint density at radius 3 is 3.00 bits per heavy atom. The van der Waals surface area contributed by atoms with Gasteiger partial charge in [0.05, 0.1) is 17.6 Å². The molecule has 0 spiro atoms. The highest BCUT2D eigenvalue weighted by atomic mass is 32.1. The van der Waals surface area contributed by atoms with Crippen LogP contribution in [-0.2, 0) is 28.9 Å². The summed E-state index contributed by atoms with van der Waals surface area (Å²) in [6, 6.07) is 3.60. The Morgan fingerprint density at radius 2 is 2.28 bits per heavy atom. The summed E-state index contributed by atoms with van der Waals surface area (Å²) in [6.45, 7) is 1.86. The molecule has 0 bridgehead atoms. The number of esters is 1. The van der Waals surface area contributed by atoms with Crippen LogP contribution in [-0.4, -0.2) is 28.8 Å². The standard InChI is InChI=1S/C19H19N3O5S2/c1-10-5-6-11-13(8-10)29-17(15(11)18(24)26-2)20-14(23)9-22-19(25)27-16(21-22)12-4-3-7-28-12/h3-4,7,10H,5-6,8-9H2,1-2H3,(H,20,23)/t10-/m0/s1. The quantitative estimate of drug-likeness (QED) is 0.620. The molecule has 1 N–H and O–H groups in total. The maximum atomic E-state index is 12.6. The predicted octanol–water partition coefficient (Wildman–Crippen LogP) is 3.18. The van der Waals surface area contributed by atoms with Gasteiger partial charge in [-0.25, -0.2) is 9.59 Å². The van der Waals surface area contributed by atoms with Crippen molar-refractivity contribution in [1.29, 1.82) is 0 Å². The van der Waals surface area contributed by atoms with E-state index in [4.69, 9.17) is 9.15 Å². The first kappa shape index (κ1) is 19.6. The first-order valence-electron chi connectivity index (χ1n) is 9.10. The Morgan fingerprint density at radius 1 is 1.45 bits per heavy atom. The molecule has 3 heterocycles. The van der Waals surface area contributed by atoms with Crippen molar-refractivity contribution in [2.45, 2.75) is 32.7 Å². The van der Waals surface area contributed by atoms with Crippen LogP contribution in [0.25, 0.3) is 10.8 Å². The van der Waals surface area contributed by atoms with Crippen LogP contribution in [0.3, 0.4) is 0 Å². The Hall–Kier alpha value is -2.72. The maximum Gasteiger partial charge on any atom is 0.437 e. The molecule has 10 heteroatoms. The zero-order chi connectivity index (χ0) is 20.5. The highest BCUT2D eigenvalue weighted by Crippen LogP contribution is 2.40. The zero-order valence-electron chi connectivity index (χ0n) is 15.9. The fourth-order valence-corrected chi connectivity index (χ4v) is 5.42. The van der Waals surface area contributed by atoms with Gasteiger partial charge in [-0.1, -0.05) is 13.0 Å². The highest BCUT2D eigenvalue weighted by Gasteiger charge is 2.29. The van der Waals surface area contributed by atoms with Crippen molar-refractivity contribution < 1.29 is 18.7 Å². The van der Waals surface area contributed by atoms with Gasteiger partial charge in [-0.2, -0.15) is 4.68 Å². The summed E-state index contributed by atoms with van der Waals surface area (Å²) >= 11 is 2.78. The smallest absolute Gasteiger partial charge is 0.437 e. The van der Waals surface area contributed by atoms with Crippen LogP contribution >= 0.6 is 22.7 Å². The van der Waals surface area contributed by atoms with Gasteiger partial charge < -0.3 is 14.5 Å². The molecule has 0 saturated carbocycles. The molecule has 1 aliphatic carbocycles. The molecule has 1 amide bonds. The zero-order valence-corrected chi connectivity index (χ0v) is 17.5. The summed E-state index contributed by atoms with van der Waals surface area (Å²) < 4.78 is 11.0. The van der Waals surface area contributed by atoms with E-state index in [-0.39, 0.29) is 12.4 Å². The third-order valence-corrected chi connectivity index (χ3v) is 6.81. The second-order valence-electron chi connectivity index (χ2n) is 6.90. The second-order valence-corrected chi connectivity index (χ2v) is 8.96. The molecule has 3 aromatic rings. The number of ether oxygens (including phenoxy) is 1. The van der Waals surface area contributed by atoms with E-state index in [1.54, 1.807) is 6.07 Å². The number of rotatable bonds is 5. The van der Waals surface area contributed by atoms with Gasteiger partial charge in [0.25, 0.3) is 5.89 Å². The summed E-state index contributed by atoms with van der Waals surface area (Å²) in [4.78, 5) is 38.7. The molecule has 0 aromatic carbocycles. The number of carbonyl (C=O) groups is 2. The monoisotopic (exact) mass is 433 g/mol. The lowest BCUT2D eigenvalue weighted by atomic mass is 9.88. The summed E-state index contributed by atoms with van der Waals surface area (Å²) in [5, 5.41) is 9.14. The van der Waals surface area contributed by atoms with Crippen molar-refractivity contribution >= 4 is 39.6 Å². The molecular weight excluding hydrogens is 414 g/mol. The molecule has 1 aliphatic rings. The topological polar surface area (TPSA) is 103 Å². The minimum atomic E-state index is -0.712. The van der Waals surface area contributed by atoms with Gasteiger partial charge in [-0.15, -0.1) is 27.8 Å². The summed E-state index contributed by atoms with van der Waals surface area (Å²) in [5.41, 5.74) is 1.37. The molecule has 0 saturated heterocycles. The second kappa shape index (κ2) is 7.96. The van der Waals surface area contributed by atoms with Crippen molar-refractivity contribution in [2.75, 3.05) is 12.4 Å². The third kappa shape index (κ3) is 3.90. The van der Waals surface area contributed by atoms with Crippen molar-refractivity contribution in [3.05, 3.63) is 44.1 Å². The Balaban J connectivity index is 1.56. The number of amides is 1. The van der Waals surface area contributed by atoms with E-state index in [2.05, 4.69) is 17.3 Å². The number of thiophene rings is 2. The minimum absolute atomic E-state index is 0.175. The number of anilines is 1. The Kier molecular flexibility index (Phi) is 5.37. The molecule has 29 heavy (non-hydrogen) atoms. The van der Waals surface area contributed by atoms with Gasteiger partial charge in [-0.05, 0) is 42.2 Å². The largest absolute Gasteiger partial charge is 0.465 e. The van der Waals surface area contributed by atoms with Crippen LogP contribution in [0.1, 0.15) is 34.1 Å². The van der Waals surface area contributed by atoms with Gasteiger partial charge in [0.1, 0.15) is 11.5 Å². The van der Waals surface area contributed by atoms with Crippen molar-refractivity contribution in [1.82, 2.24) is 9.78 Å². The highest BCUT2D eigenvalue weighted by molar-refractivity contribution is 7.17. The van der Waals surface area contributed by atoms with E-state index in [1.165, 1.54) is 29.8 Å². The lowest BCUT2D eigenvalue weighted by Gasteiger charge is -2.18. The molecule has 8 nitrogen and oxygen atoms in total. The Labute approximate surface area is 174 Å². The number of methoxy groups -OCH3 is 1. The van der Waals surface area contributed by atoms with Crippen LogP contribution in [0.5, 0.6) is 0 Å². The van der Waals surface area contributed by atoms with Crippen LogP contribution in [0.2, 0.25) is 0 Å². The normalized spacial score (nSPS) is 15.7. The van der Waals surface area contributed by atoms with E-state index in [9.17, 15) is 14.4 Å². The molecule has 1 atom stereocenters. The third-order valence-electron chi connectivity index (χ3n) is 4.79. The van der Waals surface area contributed by atoms with Gasteiger partial charge in [0.15, 0.2) is 0 Å². The number of hydrogen-bond acceptors (Lipinski definition) is 8. The van der Waals surface area contributed by atoms with E-state index in [1.807, 2.05) is 11.4 Å². The first-order valence-corrected chi connectivity index (χ1v) is 10.8. The fraction of sp³-hybridized carbons (Fsp3) is 0.368. The SMILES string of the molecule is COC(=O)c1c(NC(=O)Cn2nc(-c3cccs3)oc2=O)sc2c1CC[C@H](C)C2. The first-order chi connectivity index (χ1) is 14.0. The fourth-order valence-electron chi connectivity index (χ4n) is 3.37. The van der Waals surface area contributed by atoms with Crippen molar-refractivity contribution in [3.8, 4) is 10.8 Å². The van der Waals surface area contributed by atoms with Crippen LogP contribution < -0.4 is 11.1 Å². The maximum absolute atomic E-state index is 12.6. The van der Waals surface area contributed by atoms with Gasteiger partial charge in [0.2, 0.25) is 5.91 Å². The average Bonchev–Trinajstić information content (AvgIpc) is 3.40. The van der Waals surface area contributed by atoms with Crippen molar-refractivity contribution in [3.63, 3.8) is 0 Å². The van der Waals surface area contributed by atoms with E-state index in [0.717, 1.165) is 34.4 Å². The summed E-state index contributed by atoms with van der Waals surface area (Å²) in [7, 11) is 1.32. The van der Waals surface area contributed by atoms with Crippen LogP contribution in [0.15, 0.2) is 26.7 Å². The molecule has 0 radical (unpaired) electrons. The molecule has 0 unspecified atom stereocenters. The molecule has 3 aromatic heterocycles. The van der Waals surface area contributed by atoms with Crippen LogP contribution in [0.4, 0.5) is 5.00 Å². The number of nitrogens with one attached hydrogen (secondary N) is 1. The van der Waals surface area contributed by atoms with Gasteiger partial charge in [-0.3, -0.25) is 4.79 Å². The van der Waals surface area contributed by atoms with Gasteiger partial charge >= 0.3 is 11.7 Å². The summed E-state index contributed by atoms with van der Waals surface area (Å²) in [5.74, 6) is -0.940. The number of nitrogens with zero attached hydrogens (tertiary/aromatic N) is 2. The molecule has 4 rings (SSSR count). The average molecular weight is 434 g/mol. The van der Waals surface area contributed by atoms with E-state index in [0.29, 0.717) is 21.4 Å². The number of aromatic nitrogens is 2. The van der Waals surface area contributed by atoms with Crippen molar-refractivity contribution in [2.24, 2.45) is 5.92 Å². The van der Waals surface area contributed by atoms with E-state index >= 15 is 0 Å². The summed E-state index contributed by atoms with van der Waals surface area (Å²) in [6.07, 6.45) is 2.63. The lowest BCUT2D eigenvalue weighted by Crippen LogP contribution is -2.26. The number of carbonyl (C=O) groups excluding carboxylic acids is 2. The molecular formula is C19H19N3O5S2. The minimum Gasteiger partial charge on any atom is -0.465 e. The molecule has 0 fully saturated rings. The Bertz CT molecular complexity index is 1110. The molecule has 152 valence electrons. The number of hydrogen-bond donors (Lipinski definition) is 1. The number of fused-ring (bicyclic) bond motifs is 1. The van der Waals surface area contributed by atoms with Crippen LogP contribution in [0, 0.1) is 5.92 Å². The predicted molar refractivity (Wildman–Crippen MR) is 110 cm³/mol.